The molecule has 0 aromatic carbocycles. The number of rotatable bonds is 16. The van der Waals surface area contributed by atoms with Gasteiger partial charge in [0, 0.05) is 0 Å². The smallest absolute Gasteiger partial charge is 0.108 e. The van der Waals surface area contributed by atoms with Crippen LogP contribution in [0.4, 0.5) is 0 Å². The van der Waals surface area contributed by atoms with Crippen molar-refractivity contribution < 1.29 is 20.4 Å². The molecule has 0 amide bonds. The summed E-state index contributed by atoms with van der Waals surface area (Å²) >= 11 is 0. The third-order valence-corrected chi connectivity index (χ3v) is 4.33. The van der Waals surface area contributed by atoms with Gasteiger partial charge in [-0.2, -0.15) is 0 Å². The van der Waals surface area contributed by atoms with Crippen molar-refractivity contribution in [2.75, 3.05) is 6.61 Å². The van der Waals surface area contributed by atoms with Gasteiger partial charge in [-0.1, -0.05) is 84.0 Å². The molecule has 0 aliphatic rings. The van der Waals surface area contributed by atoms with E-state index in [0.29, 0.717) is 6.42 Å². The summed E-state index contributed by atoms with van der Waals surface area (Å²) in [5.41, 5.74) is 0. The maximum absolute atomic E-state index is 9.66. The molecule has 0 fully saturated rings. The minimum atomic E-state index is -1.24. The predicted molar refractivity (Wildman–Crippen MR) is 90.8 cm³/mol. The van der Waals surface area contributed by atoms with Crippen LogP contribution in [0, 0.1) is 0 Å². The molecular formula is C18H38O4. The third kappa shape index (κ3) is 12.4. The normalized spacial score (nSPS) is 15.7. The van der Waals surface area contributed by atoms with Crippen LogP contribution in [0.2, 0.25) is 0 Å². The van der Waals surface area contributed by atoms with Crippen molar-refractivity contribution in [2.24, 2.45) is 0 Å². The van der Waals surface area contributed by atoms with E-state index < -0.39 is 24.9 Å². The maximum Gasteiger partial charge on any atom is 0.108 e. The van der Waals surface area contributed by atoms with Gasteiger partial charge in [0.15, 0.2) is 0 Å². The van der Waals surface area contributed by atoms with E-state index in [9.17, 15) is 15.3 Å². The second-order valence-electron chi connectivity index (χ2n) is 6.49. The standard InChI is InChI=1S/C18H38O4/c1-2-3-4-5-6-7-8-9-10-11-12-13-14-16(20)18(22)17(21)15-19/h16-22H,2-15H2,1H3/t16-,17-,18+/m1/s1. The number of aliphatic hydroxyl groups excluding tert-OH is 4. The zero-order valence-corrected chi connectivity index (χ0v) is 14.4. The number of aliphatic hydroxyl groups is 4. The molecule has 0 saturated heterocycles. The summed E-state index contributed by atoms with van der Waals surface area (Å²) in [5, 5.41) is 37.1. The van der Waals surface area contributed by atoms with Gasteiger partial charge in [-0.15, -0.1) is 0 Å². The molecule has 0 aliphatic carbocycles. The first-order chi connectivity index (χ1) is 10.6. The van der Waals surface area contributed by atoms with E-state index in [1.807, 2.05) is 0 Å². The summed E-state index contributed by atoms with van der Waals surface area (Å²) < 4.78 is 0. The summed E-state index contributed by atoms with van der Waals surface area (Å²) in [6.45, 7) is 1.73. The molecule has 4 nitrogen and oxygen atoms in total. The van der Waals surface area contributed by atoms with Crippen molar-refractivity contribution >= 4 is 0 Å². The zero-order chi connectivity index (χ0) is 16.6. The van der Waals surface area contributed by atoms with Crippen LogP contribution in [0.25, 0.3) is 0 Å². The number of hydrogen-bond donors (Lipinski definition) is 4. The van der Waals surface area contributed by atoms with E-state index in [2.05, 4.69) is 6.92 Å². The van der Waals surface area contributed by atoms with Gasteiger partial charge in [0.05, 0.1) is 12.7 Å². The van der Waals surface area contributed by atoms with Crippen molar-refractivity contribution in [3.05, 3.63) is 0 Å². The molecule has 0 saturated carbocycles. The van der Waals surface area contributed by atoms with E-state index in [1.165, 1.54) is 64.2 Å². The van der Waals surface area contributed by atoms with Gasteiger partial charge in [0.25, 0.3) is 0 Å². The van der Waals surface area contributed by atoms with Gasteiger partial charge >= 0.3 is 0 Å². The molecule has 0 aromatic rings. The molecule has 0 aliphatic heterocycles. The Bertz CT molecular complexity index is 223. The molecule has 0 aromatic heterocycles. The molecule has 0 bridgehead atoms. The van der Waals surface area contributed by atoms with Crippen LogP contribution in [-0.4, -0.2) is 45.3 Å². The van der Waals surface area contributed by atoms with Crippen LogP contribution < -0.4 is 0 Å². The molecular weight excluding hydrogens is 280 g/mol. The highest BCUT2D eigenvalue weighted by Crippen LogP contribution is 2.14. The number of hydrogen-bond acceptors (Lipinski definition) is 4. The molecule has 4 heteroatoms. The molecule has 0 spiro atoms. The summed E-state index contributed by atoms with van der Waals surface area (Å²) in [6, 6.07) is 0. The van der Waals surface area contributed by atoms with E-state index in [4.69, 9.17) is 5.11 Å². The van der Waals surface area contributed by atoms with E-state index in [0.717, 1.165) is 12.8 Å². The highest BCUT2D eigenvalue weighted by molar-refractivity contribution is 4.74. The molecule has 4 N–H and O–H groups in total. The fourth-order valence-corrected chi connectivity index (χ4v) is 2.73. The Labute approximate surface area is 136 Å². The van der Waals surface area contributed by atoms with Gasteiger partial charge < -0.3 is 20.4 Å². The highest BCUT2D eigenvalue weighted by Gasteiger charge is 2.23. The van der Waals surface area contributed by atoms with E-state index in [-0.39, 0.29) is 0 Å². The van der Waals surface area contributed by atoms with Crippen LogP contribution in [0.3, 0.4) is 0 Å². The molecule has 0 heterocycles. The summed E-state index contributed by atoms with van der Waals surface area (Å²) in [6.07, 6.45) is 12.2. The lowest BCUT2D eigenvalue weighted by Gasteiger charge is -2.21. The van der Waals surface area contributed by atoms with Crippen LogP contribution in [0.1, 0.15) is 90.4 Å². The minimum Gasteiger partial charge on any atom is -0.394 e. The Hall–Kier alpha value is -0.160. The first kappa shape index (κ1) is 21.8. The van der Waals surface area contributed by atoms with Crippen LogP contribution in [-0.2, 0) is 0 Å². The minimum absolute atomic E-state index is 0.482. The lowest BCUT2D eigenvalue weighted by Crippen LogP contribution is -2.39. The van der Waals surface area contributed by atoms with Crippen molar-refractivity contribution in [3.8, 4) is 0 Å². The zero-order valence-electron chi connectivity index (χ0n) is 14.4. The van der Waals surface area contributed by atoms with Crippen molar-refractivity contribution in [2.45, 2.75) is 109 Å². The molecule has 134 valence electrons. The molecule has 0 radical (unpaired) electrons. The van der Waals surface area contributed by atoms with Crippen molar-refractivity contribution in [1.82, 2.24) is 0 Å². The first-order valence-electron chi connectivity index (χ1n) is 9.28. The van der Waals surface area contributed by atoms with Crippen molar-refractivity contribution in [1.29, 1.82) is 0 Å². The van der Waals surface area contributed by atoms with Crippen molar-refractivity contribution in [3.63, 3.8) is 0 Å². The second-order valence-corrected chi connectivity index (χ2v) is 6.49. The first-order valence-corrected chi connectivity index (χ1v) is 9.28. The average Bonchev–Trinajstić information content (AvgIpc) is 2.54. The fraction of sp³-hybridized carbons (Fsp3) is 1.00. The fourth-order valence-electron chi connectivity index (χ4n) is 2.73. The summed E-state index contributed by atoms with van der Waals surface area (Å²) in [7, 11) is 0. The van der Waals surface area contributed by atoms with Gasteiger partial charge in [-0.25, -0.2) is 0 Å². The Morgan fingerprint density at radius 3 is 1.41 bits per heavy atom. The SMILES string of the molecule is CCCCCCCCCCCCCC[C@@H](O)[C@H](O)[C@H](O)CO. The molecule has 22 heavy (non-hydrogen) atoms. The second kappa shape index (κ2) is 15.7. The number of unbranched alkanes of at least 4 members (excludes halogenated alkanes) is 11. The summed E-state index contributed by atoms with van der Waals surface area (Å²) in [4.78, 5) is 0. The third-order valence-electron chi connectivity index (χ3n) is 4.33. The van der Waals surface area contributed by atoms with Gasteiger partial charge in [0.2, 0.25) is 0 Å². The molecule has 0 unspecified atom stereocenters. The molecule has 3 atom stereocenters. The van der Waals surface area contributed by atoms with Gasteiger partial charge in [-0.3, -0.25) is 0 Å². The van der Waals surface area contributed by atoms with E-state index in [1.54, 1.807) is 0 Å². The van der Waals surface area contributed by atoms with Gasteiger partial charge in [-0.05, 0) is 6.42 Å². The van der Waals surface area contributed by atoms with Crippen LogP contribution in [0.5, 0.6) is 0 Å². The Kier molecular flexibility index (Phi) is 15.6. The quantitative estimate of drug-likeness (QED) is 0.330. The largest absolute Gasteiger partial charge is 0.394 e. The maximum atomic E-state index is 9.66. The van der Waals surface area contributed by atoms with E-state index >= 15 is 0 Å². The lowest BCUT2D eigenvalue weighted by atomic mass is 10.0. The Morgan fingerprint density at radius 1 is 0.591 bits per heavy atom. The summed E-state index contributed by atoms with van der Waals surface area (Å²) in [5.74, 6) is 0. The van der Waals surface area contributed by atoms with Crippen LogP contribution in [0.15, 0.2) is 0 Å². The Balaban J connectivity index is 3.26. The monoisotopic (exact) mass is 318 g/mol. The average molecular weight is 318 g/mol. The molecule has 0 rings (SSSR count). The predicted octanol–water partition coefficient (Wildman–Crippen LogP) is 3.15. The van der Waals surface area contributed by atoms with Gasteiger partial charge in [0.1, 0.15) is 12.2 Å². The topological polar surface area (TPSA) is 80.9 Å². The van der Waals surface area contributed by atoms with Crippen LogP contribution >= 0.6 is 0 Å². The lowest BCUT2D eigenvalue weighted by molar-refractivity contribution is -0.0787. The Morgan fingerprint density at radius 2 is 1.00 bits per heavy atom. The highest BCUT2D eigenvalue weighted by atomic mass is 16.4.